The number of nitriles is 1. The van der Waals surface area contributed by atoms with Crippen molar-refractivity contribution in [3.05, 3.63) is 0 Å². The summed E-state index contributed by atoms with van der Waals surface area (Å²) in [7, 11) is 0. The fourth-order valence-electron chi connectivity index (χ4n) is 2.99. The van der Waals surface area contributed by atoms with E-state index in [4.69, 9.17) is 9.47 Å². The van der Waals surface area contributed by atoms with Crippen molar-refractivity contribution in [2.45, 2.75) is 89.2 Å². The summed E-state index contributed by atoms with van der Waals surface area (Å²) in [4.78, 5) is 0. The van der Waals surface area contributed by atoms with Crippen LogP contribution in [0, 0.1) is 11.3 Å². The zero-order valence-electron chi connectivity index (χ0n) is 13.0. The molecule has 0 radical (unpaired) electrons. The Bertz CT molecular complexity index is 341. The second kappa shape index (κ2) is 6.89. The van der Waals surface area contributed by atoms with Crippen molar-refractivity contribution in [2.24, 2.45) is 0 Å². The fraction of sp³-hybridized carbons (Fsp3) is 0.938. The summed E-state index contributed by atoms with van der Waals surface area (Å²) in [5.41, 5.74) is -0.388. The average molecular weight is 280 g/mol. The summed E-state index contributed by atoms with van der Waals surface area (Å²) in [5, 5.41) is 12.7. The predicted molar refractivity (Wildman–Crippen MR) is 78.4 cm³/mol. The van der Waals surface area contributed by atoms with Crippen molar-refractivity contribution in [3.63, 3.8) is 0 Å². The Morgan fingerprint density at radius 3 is 2.50 bits per heavy atom. The maximum absolute atomic E-state index is 9.31. The van der Waals surface area contributed by atoms with Gasteiger partial charge in [0, 0.05) is 12.6 Å². The highest BCUT2D eigenvalue weighted by Gasteiger charge is 2.32. The quantitative estimate of drug-likeness (QED) is 0.729. The maximum Gasteiger partial charge on any atom is 0.104 e. The van der Waals surface area contributed by atoms with Crippen LogP contribution in [0.1, 0.15) is 59.3 Å². The molecule has 1 N–H and O–H groups in total. The van der Waals surface area contributed by atoms with Crippen molar-refractivity contribution in [3.8, 4) is 6.07 Å². The van der Waals surface area contributed by atoms with Gasteiger partial charge >= 0.3 is 0 Å². The van der Waals surface area contributed by atoms with Crippen molar-refractivity contribution in [2.75, 3.05) is 6.61 Å². The smallest absolute Gasteiger partial charge is 0.104 e. The molecule has 2 fully saturated rings. The zero-order valence-corrected chi connectivity index (χ0v) is 13.0. The summed E-state index contributed by atoms with van der Waals surface area (Å²) in [5.74, 6) is 0. The third-order valence-electron chi connectivity index (χ3n) is 4.18. The van der Waals surface area contributed by atoms with E-state index in [1.165, 1.54) is 12.8 Å². The summed E-state index contributed by atoms with van der Waals surface area (Å²) in [6, 6.07) is 2.98. The van der Waals surface area contributed by atoms with Crippen LogP contribution in [0.2, 0.25) is 0 Å². The van der Waals surface area contributed by atoms with E-state index in [0.717, 1.165) is 32.3 Å². The zero-order chi connectivity index (χ0) is 14.6. The van der Waals surface area contributed by atoms with E-state index in [0.29, 0.717) is 24.4 Å². The van der Waals surface area contributed by atoms with Crippen LogP contribution in [0.5, 0.6) is 0 Å². The lowest BCUT2D eigenvalue weighted by molar-refractivity contribution is -0.102. The topological polar surface area (TPSA) is 54.3 Å². The van der Waals surface area contributed by atoms with Crippen molar-refractivity contribution < 1.29 is 9.47 Å². The SMILES string of the molecule is CC1CC(OCCCC(C)(C#N)NC2CC2)CC(C)O1. The molecule has 0 amide bonds. The van der Waals surface area contributed by atoms with Gasteiger partial charge in [-0.1, -0.05) is 0 Å². The number of hydrogen-bond donors (Lipinski definition) is 1. The largest absolute Gasteiger partial charge is 0.378 e. The molecule has 1 aliphatic heterocycles. The Morgan fingerprint density at radius 1 is 1.30 bits per heavy atom. The Morgan fingerprint density at radius 2 is 1.95 bits per heavy atom. The molecule has 4 nitrogen and oxygen atoms in total. The molecule has 114 valence electrons. The van der Waals surface area contributed by atoms with Crippen molar-refractivity contribution in [1.82, 2.24) is 5.32 Å². The monoisotopic (exact) mass is 280 g/mol. The van der Waals surface area contributed by atoms with Crippen LogP contribution in [0.25, 0.3) is 0 Å². The molecule has 0 spiro atoms. The minimum atomic E-state index is -0.388. The number of nitrogens with one attached hydrogen (secondary N) is 1. The molecule has 3 atom stereocenters. The fourth-order valence-corrected chi connectivity index (χ4v) is 2.99. The first kappa shape index (κ1) is 15.8. The molecule has 2 rings (SSSR count). The second-order valence-electron chi connectivity index (χ2n) is 6.69. The molecule has 3 unspecified atom stereocenters. The van der Waals surface area contributed by atoms with Gasteiger partial charge in [0.1, 0.15) is 5.54 Å². The highest BCUT2D eigenvalue weighted by atomic mass is 16.5. The van der Waals surface area contributed by atoms with Crippen LogP contribution < -0.4 is 5.32 Å². The van der Waals surface area contributed by atoms with Gasteiger partial charge in [-0.25, -0.2) is 0 Å². The summed E-state index contributed by atoms with van der Waals surface area (Å²) in [6.45, 7) is 6.97. The highest BCUT2D eigenvalue weighted by Crippen LogP contribution is 2.25. The molecule has 1 saturated heterocycles. The lowest BCUT2D eigenvalue weighted by Crippen LogP contribution is -2.42. The molecular weight excluding hydrogens is 252 g/mol. The van der Waals surface area contributed by atoms with Gasteiger partial charge in [-0.15, -0.1) is 0 Å². The first-order valence-corrected chi connectivity index (χ1v) is 7.97. The lowest BCUT2D eigenvalue weighted by atomic mass is 9.97. The first-order chi connectivity index (χ1) is 9.50. The normalized spacial score (nSPS) is 33.4. The maximum atomic E-state index is 9.31. The Balaban J connectivity index is 1.63. The summed E-state index contributed by atoms with van der Waals surface area (Å²) in [6.07, 6.45) is 7.10. The minimum absolute atomic E-state index is 0.296. The molecule has 0 aromatic carbocycles. The van der Waals surface area contributed by atoms with Crippen LogP contribution in [0.4, 0.5) is 0 Å². The molecular formula is C16H28N2O2. The number of ether oxygens (including phenoxy) is 2. The van der Waals surface area contributed by atoms with E-state index in [2.05, 4.69) is 25.2 Å². The molecule has 2 aliphatic rings. The average Bonchev–Trinajstić information content (AvgIpc) is 3.17. The number of rotatable bonds is 7. The van der Waals surface area contributed by atoms with Gasteiger partial charge in [-0.2, -0.15) is 5.26 Å². The minimum Gasteiger partial charge on any atom is -0.378 e. The Kier molecular flexibility index (Phi) is 5.42. The van der Waals surface area contributed by atoms with Gasteiger partial charge in [-0.05, 0) is 59.3 Å². The van der Waals surface area contributed by atoms with Gasteiger partial charge in [0.25, 0.3) is 0 Å². The molecule has 1 heterocycles. The third-order valence-corrected chi connectivity index (χ3v) is 4.18. The van der Waals surface area contributed by atoms with Crippen molar-refractivity contribution >= 4 is 0 Å². The molecule has 0 aromatic rings. The first-order valence-electron chi connectivity index (χ1n) is 7.97. The highest BCUT2D eigenvalue weighted by molar-refractivity contribution is 5.06. The molecule has 0 aromatic heterocycles. The molecule has 4 heteroatoms. The molecule has 1 saturated carbocycles. The Labute approximate surface area is 122 Å². The second-order valence-corrected chi connectivity index (χ2v) is 6.69. The predicted octanol–water partition coefficient (Wildman–Crippen LogP) is 2.77. The van der Waals surface area contributed by atoms with E-state index in [1.807, 2.05) is 6.92 Å². The van der Waals surface area contributed by atoms with Crippen LogP contribution >= 0.6 is 0 Å². The lowest BCUT2D eigenvalue weighted by Gasteiger charge is -2.32. The van der Waals surface area contributed by atoms with Crippen LogP contribution in [-0.2, 0) is 9.47 Å². The molecule has 1 aliphatic carbocycles. The van der Waals surface area contributed by atoms with Gasteiger partial charge in [0.15, 0.2) is 0 Å². The standard InChI is InChI=1S/C16H28N2O2/c1-12-9-15(10-13(2)20-12)19-8-4-7-16(3,11-17)18-14-5-6-14/h12-15,18H,4-10H2,1-3H3. The van der Waals surface area contributed by atoms with Crippen LogP contribution in [-0.4, -0.2) is 36.5 Å². The third kappa shape index (κ3) is 5.05. The van der Waals surface area contributed by atoms with Gasteiger partial charge < -0.3 is 9.47 Å². The van der Waals surface area contributed by atoms with E-state index in [9.17, 15) is 5.26 Å². The van der Waals surface area contributed by atoms with E-state index < -0.39 is 0 Å². The summed E-state index contributed by atoms with van der Waals surface area (Å²) >= 11 is 0. The van der Waals surface area contributed by atoms with E-state index in [-0.39, 0.29) is 5.54 Å². The van der Waals surface area contributed by atoms with E-state index in [1.54, 1.807) is 0 Å². The van der Waals surface area contributed by atoms with E-state index >= 15 is 0 Å². The van der Waals surface area contributed by atoms with Gasteiger partial charge in [-0.3, -0.25) is 5.32 Å². The van der Waals surface area contributed by atoms with Gasteiger partial charge in [0.2, 0.25) is 0 Å². The van der Waals surface area contributed by atoms with Crippen molar-refractivity contribution in [1.29, 1.82) is 5.26 Å². The van der Waals surface area contributed by atoms with Crippen LogP contribution in [0.3, 0.4) is 0 Å². The number of hydrogen-bond acceptors (Lipinski definition) is 4. The van der Waals surface area contributed by atoms with Crippen LogP contribution in [0.15, 0.2) is 0 Å². The molecule has 0 bridgehead atoms. The summed E-state index contributed by atoms with van der Waals surface area (Å²) < 4.78 is 11.7. The Hall–Kier alpha value is -0.630. The number of nitrogens with zero attached hydrogens (tertiary/aromatic N) is 1. The van der Waals surface area contributed by atoms with Gasteiger partial charge in [0.05, 0.1) is 24.4 Å². The molecule has 20 heavy (non-hydrogen) atoms.